The molecule has 0 fully saturated rings. The fourth-order valence-electron chi connectivity index (χ4n) is 0.943. The van der Waals surface area contributed by atoms with E-state index in [1.807, 2.05) is 0 Å². The molecule has 0 spiro atoms. The van der Waals surface area contributed by atoms with Gasteiger partial charge in [0.1, 0.15) is 5.92 Å². The molecule has 1 aromatic heterocycles. The van der Waals surface area contributed by atoms with E-state index in [1.54, 1.807) is 0 Å². The summed E-state index contributed by atoms with van der Waals surface area (Å²) in [6.07, 6.45) is -4.32. The van der Waals surface area contributed by atoms with Gasteiger partial charge < -0.3 is 5.73 Å². The molecule has 1 aromatic rings. The summed E-state index contributed by atoms with van der Waals surface area (Å²) in [5, 5.41) is 1.66. The van der Waals surface area contributed by atoms with Gasteiger partial charge in [-0.3, -0.25) is 0 Å². The fourth-order valence-corrected chi connectivity index (χ4v) is 2.27. The number of rotatable bonds is 2. The van der Waals surface area contributed by atoms with Crippen LogP contribution in [0.15, 0.2) is 11.4 Å². The summed E-state index contributed by atoms with van der Waals surface area (Å²) >= 11 is 6.55. The Bertz CT molecular complexity index is 284. The molecule has 1 nitrogen and oxygen atoms in total. The lowest BCUT2D eigenvalue weighted by atomic mass is 10.1. The summed E-state index contributed by atoms with van der Waals surface area (Å²) in [5.74, 6) is -1.64. The van der Waals surface area contributed by atoms with Crippen LogP contribution in [0.4, 0.5) is 13.2 Å². The molecule has 1 unspecified atom stereocenters. The van der Waals surface area contributed by atoms with Crippen molar-refractivity contribution in [3.05, 3.63) is 21.3 Å². The molecule has 2 N–H and O–H groups in total. The molecule has 1 rings (SSSR count). The Balaban J connectivity index is 2.98. The van der Waals surface area contributed by atoms with Crippen molar-refractivity contribution in [1.29, 1.82) is 0 Å². The Morgan fingerprint density at radius 3 is 2.46 bits per heavy atom. The second-order valence-corrected chi connectivity index (χ2v) is 3.82. The van der Waals surface area contributed by atoms with Crippen LogP contribution in [-0.4, -0.2) is 12.7 Å². The zero-order valence-corrected chi connectivity index (χ0v) is 8.01. The predicted octanol–water partition coefficient (Wildman–Crippen LogP) is 3.01. The summed E-state index contributed by atoms with van der Waals surface area (Å²) in [6, 6.07) is 1.44. The van der Waals surface area contributed by atoms with Crippen LogP contribution in [0.3, 0.4) is 0 Å². The molecule has 0 saturated heterocycles. The summed E-state index contributed by atoms with van der Waals surface area (Å²) in [4.78, 5) is 0.0941. The molecular formula is C7H7ClF3NS. The summed E-state index contributed by atoms with van der Waals surface area (Å²) in [6.45, 7) is -0.469. The first-order valence-corrected chi connectivity index (χ1v) is 4.72. The van der Waals surface area contributed by atoms with E-state index in [4.69, 9.17) is 17.3 Å². The molecule has 0 aliphatic heterocycles. The highest BCUT2D eigenvalue weighted by Crippen LogP contribution is 2.39. The zero-order chi connectivity index (χ0) is 10.1. The number of thiophene rings is 1. The van der Waals surface area contributed by atoms with Crippen LogP contribution in [0.25, 0.3) is 0 Å². The average Bonchev–Trinajstić information content (AvgIpc) is 2.35. The third-order valence-corrected chi connectivity index (χ3v) is 3.06. The van der Waals surface area contributed by atoms with E-state index in [9.17, 15) is 13.2 Å². The van der Waals surface area contributed by atoms with Gasteiger partial charge in [0.05, 0.1) is 5.02 Å². The maximum absolute atomic E-state index is 12.3. The lowest BCUT2D eigenvalue weighted by molar-refractivity contribution is -0.147. The van der Waals surface area contributed by atoms with Crippen molar-refractivity contribution < 1.29 is 13.2 Å². The third-order valence-electron chi connectivity index (χ3n) is 1.59. The van der Waals surface area contributed by atoms with Crippen LogP contribution in [0, 0.1) is 0 Å². The van der Waals surface area contributed by atoms with Crippen molar-refractivity contribution in [1.82, 2.24) is 0 Å². The van der Waals surface area contributed by atoms with Gasteiger partial charge in [0.25, 0.3) is 0 Å². The molecule has 74 valence electrons. The SMILES string of the molecule is NCC(c1sccc1Cl)C(F)(F)F. The number of hydrogen-bond acceptors (Lipinski definition) is 2. The first kappa shape index (κ1) is 10.8. The monoisotopic (exact) mass is 229 g/mol. The molecular weight excluding hydrogens is 223 g/mol. The number of nitrogens with two attached hydrogens (primary N) is 1. The summed E-state index contributed by atoms with van der Waals surface area (Å²) < 4.78 is 37.0. The number of alkyl halides is 3. The van der Waals surface area contributed by atoms with E-state index in [2.05, 4.69) is 0 Å². The van der Waals surface area contributed by atoms with E-state index in [1.165, 1.54) is 11.4 Å². The highest BCUT2D eigenvalue weighted by atomic mass is 35.5. The lowest BCUT2D eigenvalue weighted by Gasteiger charge is -2.17. The Morgan fingerprint density at radius 1 is 1.54 bits per heavy atom. The smallest absolute Gasteiger partial charge is 0.329 e. The maximum Gasteiger partial charge on any atom is 0.397 e. The predicted molar refractivity (Wildman–Crippen MR) is 47.2 cm³/mol. The van der Waals surface area contributed by atoms with Gasteiger partial charge in [-0.1, -0.05) is 11.6 Å². The first-order valence-electron chi connectivity index (χ1n) is 3.46. The Labute approximate surface area is 82.3 Å². The average molecular weight is 230 g/mol. The third kappa shape index (κ3) is 2.36. The zero-order valence-electron chi connectivity index (χ0n) is 6.44. The minimum Gasteiger partial charge on any atom is -0.329 e. The van der Waals surface area contributed by atoms with Crippen molar-refractivity contribution in [2.75, 3.05) is 6.54 Å². The van der Waals surface area contributed by atoms with Gasteiger partial charge in [0.15, 0.2) is 0 Å². The van der Waals surface area contributed by atoms with E-state index < -0.39 is 18.6 Å². The largest absolute Gasteiger partial charge is 0.397 e. The van der Waals surface area contributed by atoms with Crippen molar-refractivity contribution in [3.63, 3.8) is 0 Å². The lowest BCUT2D eigenvalue weighted by Crippen LogP contribution is -2.27. The molecule has 0 bridgehead atoms. The van der Waals surface area contributed by atoms with Crippen molar-refractivity contribution in [3.8, 4) is 0 Å². The second kappa shape index (κ2) is 3.86. The Kier molecular flexibility index (Phi) is 3.21. The first-order chi connectivity index (χ1) is 5.96. The van der Waals surface area contributed by atoms with Crippen LogP contribution in [0.5, 0.6) is 0 Å². The van der Waals surface area contributed by atoms with Crippen molar-refractivity contribution in [2.24, 2.45) is 5.73 Å². The molecule has 6 heteroatoms. The topological polar surface area (TPSA) is 26.0 Å². The van der Waals surface area contributed by atoms with Crippen LogP contribution in [0.2, 0.25) is 5.02 Å². The minimum atomic E-state index is -4.32. The van der Waals surface area contributed by atoms with Crippen LogP contribution >= 0.6 is 22.9 Å². The van der Waals surface area contributed by atoms with E-state index in [0.29, 0.717) is 0 Å². The molecule has 0 saturated carbocycles. The standard InChI is InChI=1S/C7H7ClF3NS/c8-5-1-2-13-6(5)4(3-12)7(9,10)11/h1-2,4H,3,12H2. The fraction of sp³-hybridized carbons (Fsp3) is 0.429. The molecule has 0 aliphatic rings. The highest BCUT2D eigenvalue weighted by Gasteiger charge is 2.41. The highest BCUT2D eigenvalue weighted by molar-refractivity contribution is 7.10. The van der Waals surface area contributed by atoms with Gasteiger partial charge in [-0.2, -0.15) is 13.2 Å². The molecule has 1 heterocycles. The van der Waals surface area contributed by atoms with E-state index >= 15 is 0 Å². The summed E-state index contributed by atoms with van der Waals surface area (Å²) in [7, 11) is 0. The van der Waals surface area contributed by atoms with Crippen LogP contribution in [-0.2, 0) is 0 Å². The van der Waals surface area contributed by atoms with Crippen LogP contribution in [0.1, 0.15) is 10.8 Å². The van der Waals surface area contributed by atoms with E-state index in [-0.39, 0.29) is 9.90 Å². The normalized spacial score (nSPS) is 14.5. The van der Waals surface area contributed by atoms with Gasteiger partial charge in [0, 0.05) is 11.4 Å². The molecule has 1 atom stereocenters. The summed E-state index contributed by atoms with van der Waals surface area (Å²) in [5.41, 5.74) is 5.05. The molecule has 0 aliphatic carbocycles. The van der Waals surface area contributed by atoms with E-state index in [0.717, 1.165) is 11.3 Å². The quantitative estimate of drug-likeness (QED) is 0.829. The van der Waals surface area contributed by atoms with Gasteiger partial charge in [-0.05, 0) is 11.4 Å². The molecule has 13 heavy (non-hydrogen) atoms. The van der Waals surface area contributed by atoms with Gasteiger partial charge >= 0.3 is 6.18 Å². The number of hydrogen-bond donors (Lipinski definition) is 1. The molecule has 0 amide bonds. The minimum absolute atomic E-state index is 0.0941. The van der Waals surface area contributed by atoms with Crippen molar-refractivity contribution >= 4 is 22.9 Å². The van der Waals surface area contributed by atoms with Gasteiger partial charge in [-0.25, -0.2) is 0 Å². The van der Waals surface area contributed by atoms with Crippen LogP contribution < -0.4 is 5.73 Å². The number of halogens is 4. The van der Waals surface area contributed by atoms with Crippen molar-refractivity contribution in [2.45, 2.75) is 12.1 Å². The van der Waals surface area contributed by atoms with Gasteiger partial charge in [0.2, 0.25) is 0 Å². The molecule has 0 aromatic carbocycles. The molecule has 0 radical (unpaired) electrons. The Morgan fingerprint density at radius 2 is 2.15 bits per heavy atom. The Hall–Kier alpha value is -0.260. The van der Waals surface area contributed by atoms with Gasteiger partial charge in [-0.15, -0.1) is 11.3 Å². The maximum atomic E-state index is 12.3. The second-order valence-electron chi connectivity index (χ2n) is 2.46.